The minimum atomic E-state index is -0.361. The van der Waals surface area contributed by atoms with Crippen LogP contribution < -0.4 is 5.32 Å². The van der Waals surface area contributed by atoms with Crippen molar-refractivity contribution in [3.05, 3.63) is 83.2 Å². The molecule has 1 amide bonds. The zero-order chi connectivity index (χ0) is 18.7. The number of rotatable bonds is 5. The van der Waals surface area contributed by atoms with Gasteiger partial charge >= 0.3 is 0 Å². The predicted molar refractivity (Wildman–Crippen MR) is 94.9 cm³/mol. The highest BCUT2D eigenvalue weighted by atomic mass is 19.1. The molecular weight excluding hydrogens is 336 g/mol. The van der Waals surface area contributed by atoms with E-state index in [2.05, 4.69) is 10.4 Å². The van der Waals surface area contributed by atoms with Gasteiger partial charge in [-0.05, 0) is 55.8 Å². The van der Waals surface area contributed by atoms with Crippen LogP contribution in [0.4, 0.5) is 8.78 Å². The molecule has 1 unspecified atom stereocenters. The van der Waals surface area contributed by atoms with Crippen LogP contribution in [0.15, 0.2) is 54.7 Å². The van der Waals surface area contributed by atoms with Gasteiger partial charge in [0.05, 0.1) is 24.3 Å². The Bertz CT molecular complexity index is 919. The maximum atomic E-state index is 13.2. The first kappa shape index (κ1) is 17.8. The third-order valence-corrected chi connectivity index (χ3v) is 4.22. The summed E-state index contributed by atoms with van der Waals surface area (Å²) in [5.41, 5.74) is 3.08. The van der Waals surface area contributed by atoms with Gasteiger partial charge in [-0.1, -0.05) is 12.1 Å². The monoisotopic (exact) mass is 355 g/mol. The van der Waals surface area contributed by atoms with E-state index >= 15 is 0 Å². The summed E-state index contributed by atoms with van der Waals surface area (Å²) in [7, 11) is 0. The summed E-state index contributed by atoms with van der Waals surface area (Å²) in [5.74, 6) is -0.867. The lowest BCUT2D eigenvalue weighted by atomic mass is 10.1. The molecule has 3 aromatic rings. The lowest BCUT2D eigenvalue weighted by Crippen LogP contribution is -2.28. The van der Waals surface area contributed by atoms with Crippen LogP contribution in [-0.2, 0) is 11.2 Å². The second-order valence-electron chi connectivity index (χ2n) is 6.17. The van der Waals surface area contributed by atoms with E-state index in [1.165, 1.54) is 24.3 Å². The SMILES string of the molecule is Cc1c(C(C)NC(=O)Cc2cccc(F)c2)cnn1-c1ccc(F)cc1. The van der Waals surface area contributed by atoms with E-state index in [0.717, 1.165) is 16.9 Å². The molecule has 0 saturated carbocycles. The van der Waals surface area contributed by atoms with Gasteiger partial charge in [0, 0.05) is 11.3 Å². The Labute approximate surface area is 150 Å². The van der Waals surface area contributed by atoms with Crippen molar-refractivity contribution in [2.45, 2.75) is 26.3 Å². The first-order valence-corrected chi connectivity index (χ1v) is 8.28. The number of hydrogen-bond donors (Lipinski definition) is 1. The van der Waals surface area contributed by atoms with Gasteiger partial charge in [-0.25, -0.2) is 13.5 Å². The Morgan fingerprint density at radius 2 is 1.88 bits per heavy atom. The van der Waals surface area contributed by atoms with Crippen molar-refractivity contribution in [3.8, 4) is 5.69 Å². The number of benzene rings is 2. The van der Waals surface area contributed by atoms with Crippen LogP contribution >= 0.6 is 0 Å². The zero-order valence-corrected chi connectivity index (χ0v) is 14.5. The summed E-state index contributed by atoms with van der Waals surface area (Å²) in [6, 6.07) is 11.8. The van der Waals surface area contributed by atoms with Crippen molar-refractivity contribution in [2.24, 2.45) is 0 Å². The summed E-state index contributed by atoms with van der Waals surface area (Å²) < 4.78 is 28.0. The van der Waals surface area contributed by atoms with Gasteiger partial charge in [-0.2, -0.15) is 5.10 Å². The summed E-state index contributed by atoms with van der Waals surface area (Å²) in [6.07, 6.45) is 1.79. The number of halogens is 2. The summed E-state index contributed by atoms with van der Waals surface area (Å²) in [4.78, 5) is 12.2. The number of nitrogens with zero attached hydrogens (tertiary/aromatic N) is 2. The van der Waals surface area contributed by atoms with Crippen LogP contribution in [0.1, 0.15) is 29.8 Å². The van der Waals surface area contributed by atoms with Crippen molar-refractivity contribution in [1.82, 2.24) is 15.1 Å². The van der Waals surface area contributed by atoms with Crippen LogP contribution in [-0.4, -0.2) is 15.7 Å². The molecule has 0 aliphatic rings. The third kappa shape index (κ3) is 3.96. The number of nitrogens with one attached hydrogen (secondary N) is 1. The average molecular weight is 355 g/mol. The van der Waals surface area contributed by atoms with Crippen molar-refractivity contribution in [2.75, 3.05) is 0 Å². The van der Waals surface area contributed by atoms with Gasteiger partial charge in [-0.3, -0.25) is 4.79 Å². The Morgan fingerprint density at radius 1 is 1.15 bits per heavy atom. The van der Waals surface area contributed by atoms with Crippen LogP contribution in [0.25, 0.3) is 5.69 Å². The van der Waals surface area contributed by atoms with E-state index < -0.39 is 0 Å². The van der Waals surface area contributed by atoms with Crippen LogP contribution in [0.2, 0.25) is 0 Å². The summed E-state index contributed by atoms with van der Waals surface area (Å²) in [6.45, 7) is 3.75. The lowest BCUT2D eigenvalue weighted by Gasteiger charge is -2.14. The number of aromatic nitrogens is 2. The standard InChI is InChI=1S/C20H19F2N3O/c1-13(24-20(26)11-15-4-3-5-17(22)10-15)19-12-23-25(14(19)2)18-8-6-16(21)7-9-18/h3-10,12-13H,11H2,1-2H3,(H,24,26). The Hall–Kier alpha value is -3.02. The van der Waals surface area contributed by atoms with Gasteiger partial charge in [0.25, 0.3) is 0 Å². The number of amides is 1. The van der Waals surface area contributed by atoms with Gasteiger partial charge in [-0.15, -0.1) is 0 Å². The van der Waals surface area contributed by atoms with E-state index in [1.807, 2.05) is 13.8 Å². The largest absolute Gasteiger partial charge is 0.349 e. The van der Waals surface area contributed by atoms with Crippen LogP contribution in [0, 0.1) is 18.6 Å². The molecule has 3 rings (SSSR count). The maximum Gasteiger partial charge on any atom is 0.224 e. The molecule has 134 valence electrons. The molecule has 0 radical (unpaired) electrons. The topological polar surface area (TPSA) is 46.9 Å². The smallest absolute Gasteiger partial charge is 0.224 e. The molecule has 0 saturated heterocycles. The molecule has 0 spiro atoms. The first-order chi connectivity index (χ1) is 12.4. The van der Waals surface area contributed by atoms with E-state index in [4.69, 9.17) is 0 Å². The van der Waals surface area contributed by atoms with Gasteiger partial charge in [0.1, 0.15) is 11.6 Å². The molecule has 26 heavy (non-hydrogen) atoms. The second kappa shape index (κ2) is 7.47. The molecule has 1 atom stereocenters. The van der Waals surface area contributed by atoms with Crippen LogP contribution in [0.5, 0.6) is 0 Å². The van der Waals surface area contributed by atoms with E-state index in [-0.39, 0.29) is 30.0 Å². The van der Waals surface area contributed by atoms with Crippen molar-refractivity contribution < 1.29 is 13.6 Å². The molecule has 4 nitrogen and oxygen atoms in total. The predicted octanol–water partition coefficient (Wildman–Crippen LogP) is 3.88. The molecule has 0 bridgehead atoms. The molecule has 2 aromatic carbocycles. The van der Waals surface area contributed by atoms with E-state index in [1.54, 1.807) is 35.1 Å². The highest BCUT2D eigenvalue weighted by Gasteiger charge is 2.16. The molecule has 1 aromatic heterocycles. The quantitative estimate of drug-likeness (QED) is 0.755. The van der Waals surface area contributed by atoms with Crippen molar-refractivity contribution in [1.29, 1.82) is 0 Å². The van der Waals surface area contributed by atoms with Gasteiger partial charge < -0.3 is 5.32 Å². The summed E-state index contributed by atoms with van der Waals surface area (Å²) in [5, 5.41) is 7.24. The van der Waals surface area contributed by atoms with E-state index in [0.29, 0.717) is 5.56 Å². The molecule has 1 heterocycles. The molecule has 0 aliphatic carbocycles. The van der Waals surface area contributed by atoms with Gasteiger partial charge in [0.15, 0.2) is 0 Å². The Kier molecular flexibility index (Phi) is 5.11. The molecule has 0 aliphatic heterocycles. The molecule has 0 fully saturated rings. The normalized spacial score (nSPS) is 12.0. The number of carbonyl (C=O) groups is 1. The fourth-order valence-electron chi connectivity index (χ4n) is 2.89. The number of carbonyl (C=O) groups excluding carboxylic acids is 1. The molecule has 6 heteroatoms. The van der Waals surface area contributed by atoms with Gasteiger partial charge in [0.2, 0.25) is 5.91 Å². The molecular formula is C20H19F2N3O. The highest BCUT2D eigenvalue weighted by Crippen LogP contribution is 2.20. The minimum absolute atomic E-state index is 0.104. The maximum absolute atomic E-state index is 13.2. The van der Waals surface area contributed by atoms with Crippen molar-refractivity contribution >= 4 is 5.91 Å². The zero-order valence-electron chi connectivity index (χ0n) is 14.5. The highest BCUT2D eigenvalue weighted by molar-refractivity contribution is 5.79. The molecule has 1 N–H and O–H groups in total. The average Bonchev–Trinajstić information content (AvgIpc) is 2.97. The number of hydrogen-bond acceptors (Lipinski definition) is 2. The Morgan fingerprint density at radius 3 is 2.58 bits per heavy atom. The lowest BCUT2D eigenvalue weighted by molar-refractivity contribution is -0.121. The first-order valence-electron chi connectivity index (χ1n) is 8.28. The minimum Gasteiger partial charge on any atom is -0.349 e. The fourth-order valence-corrected chi connectivity index (χ4v) is 2.89. The fraction of sp³-hybridized carbons (Fsp3) is 0.200. The van der Waals surface area contributed by atoms with E-state index in [9.17, 15) is 13.6 Å². The van der Waals surface area contributed by atoms with Crippen molar-refractivity contribution in [3.63, 3.8) is 0 Å². The van der Waals surface area contributed by atoms with Crippen LogP contribution in [0.3, 0.4) is 0 Å². The summed E-state index contributed by atoms with van der Waals surface area (Å²) >= 11 is 0. The Balaban J connectivity index is 1.71. The third-order valence-electron chi connectivity index (χ3n) is 4.22. The second-order valence-corrected chi connectivity index (χ2v) is 6.17.